The summed E-state index contributed by atoms with van der Waals surface area (Å²) < 4.78 is 39.2. The summed E-state index contributed by atoms with van der Waals surface area (Å²) in [6.45, 7) is 16.7. The second-order valence-electron chi connectivity index (χ2n) is 21.1. The third-order valence-electron chi connectivity index (χ3n) is 15.3. The van der Waals surface area contributed by atoms with E-state index in [1.807, 2.05) is 56.7 Å². The molecule has 1 aliphatic rings. The number of hydrogen-bond donors (Lipinski definition) is 0. The van der Waals surface area contributed by atoms with Crippen LogP contribution in [0.15, 0.2) is 44.3 Å². The van der Waals surface area contributed by atoms with Crippen LogP contribution in [0.2, 0.25) is 0 Å². The fourth-order valence-electron chi connectivity index (χ4n) is 11.2. The Hall–Kier alpha value is -2.94. The average Bonchev–Trinajstić information content (AvgIpc) is 4.46. The van der Waals surface area contributed by atoms with Crippen molar-refractivity contribution < 1.29 is 4.74 Å². The molecule has 7 nitrogen and oxygen atoms in total. The summed E-state index contributed by atoms with van der Waals surface area (Å²) in [5.41, 5.74) is 13.2. The minimum Gasteiger partial charge on any atom is -0.0654 e. The fraction of sp³-hybridized carbons (Fsp3) is 0.508. The maximum absolute atomic E-state index is 6.90. The van der Waals surface area contributed by atoms with Crippen molar-refractivity contribution in [2.75, 3.05) is 6.61 Å². The number of benzene rings is 1. The van der Waals surface area contributed by atoms with Gasteiger partial charge >= 0.3 is 354 Å². The molecule has 9 aromatic heterocycles. The topological polar surface area (TPSA) is 69.6 Å². The Morgan fingerprint density at radius 2 is 0.895 bits per heavy atom. The van der Waals surface area contributed by atoms with Crippen LogP contribution < -0.4 is 4.74 Å². The van der Waals surface area contributed by atoms with Gasteiger partial charge in [0.1, 0.15) is 0 Å². The van der Waals surface area contributed by atoms with Crippen LogP contribution in [0.4, 0.5) is 11.4 Å². The Bertz CT molecular complexity index is 3670. The van der Waals surface area contributed by atoms with Crippen molar-refractivity contribution in [3.05, 3.63) is 51.7 Å². The molecule has 0 N–H and O–H groups in total. The monoisotopic (exact) mass is 1260 g/mol. The molecular weight excluding hydrogens is 1180 g/mol. The van der Waals surface area contributed by atoms with Crippen molar-refractivity contribution in [3.63, 3.8) is 0 Å². The van der Waals surface area contributed by atoms with Crippen molar-refractivity contribution in [1.29, 1.82) is 0 Å². The van der Waals surface area contributed by atoms with Gasteiger partial charge in [-0.15, -0.1) is 0 Å². The Morgan fingerprint density at radius 1 is 0.447 bits per heavy atom. The first-order valence-electron chi connectivity index (χ1n) is 28.8. The van der Waals surface area contributed by atoms with Crippen LogP contribution in [-0.2, 0) is 25.9 Å². The van der Waals surface area contributed by atoms with E-state index in [9.17, 15) is 0 Å². The summed E-state index contributed by atoms with van der Waals surface area (Å²) in [5, 5.41) is 0. The Kier molecular flexibility index (Phi) is 18.6. The number of nitrogens with zero attached hydrogens (tertiary/aromatic N) is 6. The molecular formula is C61H74N6OS6Se2. The van der Waals surface area contributed by atoms with Crippen LogP contribution in [0.25, 0.3) is 92.3 Å². The van der Waals surface area contributed by atoms with Gasteiger partial charge in [-0.25, -0.2) is 0 Å². The van der Waals surface area contributed by atoms with Gasteiger partial charge in [-0.1, -0.05) is 112 Å². The van der Waals surface area contributed by atoms with Crippen molar-refractivity contribution in [1.82, 2.24) is 17.1 Å². The molecule has 11 rings (SSSR count). The van der Waals surface area contributed by atoms with E-state index in [1.54, 1.807) is 4.88 Å². The number of rotatable bonds is 30. The third kappa shape index (κ3) is 11.3. The molecule has 0 saturated carbocycles. The summed E-state index contributed by atoms with van der Waals surface area (Å²) in [4.78, 5) is 10.7. The van der Waals surface area contributed by atoms with E-state index in [0.29, 0.717) is 6.61 Å². The van der Waals surface area contributed by atoms with Gasteiger partial charge in [-0.2, -0.15) is 0 Å². The molecule has 0 aliphatic carbocycles. The SMILES string of the molecule is CCCCCCOc1cc(-c2c3c(c(-c4cc(C)c(-c5cc6c(s5)c5sc(CCCCCC)cc5n6CCCCCC)s4)c4n[se]nc24)N=[Se]=N3)sc1-c1cc2c(s1)c1sc(CCCCCC)cc1n2CCCCCC. The molecule has 15 heteroatoms. The molecule has 10 aromatic rings. The molecule has 0 saturated heterocycles. The number of unbranched alkanes of at least 4 members (excludes halogenated alkanes) is 15. The van der Waals surface area contributed by atoms with E-state index in [4.69, 9.17) is 20.6 Å². The summed E-state index contributed by atoms with van der Waals surface area (Å²) >= 11 is 11.3. The molecule has 1 aromatic carbocycles. The van der Waals surface area contributed by atoms with E-state index in [0.717, 1.165) is 63.7 Å². The number of aryl methyl sites for hydroxylation is 5. The van der Waals surface area contributed by atoms with Gasteiger partial charge in [0, 0.05) is 0 Å². The van der Waals surface area contributed by atoms with E-state index < -0.39 is 0 Å². The van der Waals surface area contributed by atoms with Crippen LogP contribution in [-0.4, -0.2) is 53.2 Å². The van der Waals surface area contributed by atoms with Crippen LogP contribution in [0.1, 0.15) is 178 Å². The van der Waals surface area contributed by atoms with Gasteiger partial charge in [0.25, 0.3) is 0 Å². The summed E-state index contributed by atoms with van der Waals surface area (Å²) in [6, 6.07) is 14.8. The minimum atomic E-state index is -0.245. The minimum absolute atomic E-state index is 0.245. The molecule has 402 valence electrons. The van der Waals surface area contributed by atoms with Gasteiger partial charge in [0.15, 0.2) is 0 Å². The predicted molar refractivity (Wildman–Crippen MR) is 340 cm³/mol. The number of thiophene rings is 6. The number of hydrogen-bond acceptors (Lipinski definition) is 11. The number of aromatic nitrogens is 4. The second kappa shape index (κ2) is 25.7. The smallest absolute Gasteiger partial charge is 0.0654 e. The second-order valence-corrected chi connectivity index (χ2v) is 29.8. The molecule has 0 spiro atoms. The Balaban J connectivity index is 0.966. The quantitative estimate of drug-likeness (QED) is 0.0333. The molecule has 0 amide bonds. The van der Waals surface area contributed by atoms with Gasteiger partial charge < -0.3 is 0 Å². The zero-order valence-electron chi connectivity index (χ0n) is 45.5. The van der Waals surface area contributed by atoms with Crippen LogP contribution in [0, 0.1) is 6.92 Å². The van der Waals surface area contributed by atoms with Crippen LogP contribution in [0.5, 0.6) is 5.75 Å². The molecule has 10 heterocycles. The normalized spacial score (nSPS) is 12.7. The Labute approximate surface area is 486 Å². The van der Waals surface area contributed by atoms with Gasteiger partial charge in [-0.3, -0.25) is 0 Å². The zero-order valence-corrected chi connectivity index (χ0v) is 53.8. The predicted octanol–water partition coefficient (Wildman–Crippen LogP) is 22.0. The van der Waals surface area contributed by atoms with Crippen molar-refractivity contribution in [2.45, 2.75) is 196 Å². The molecule has 1 aliphatic heterocycles. The number of fused-ring (bicyclic) bond motifs is 8. The Morgan fingerprint density at radius 3 is 1.42 bits per heavy atom. The standard InChI is InChI=1S/C61H74N6OS6Se2/c1-7-12-17-22-27-39-33-41-57(69-39)59-43(66(41)29-24-19-14-9-3)35-48(73-59)56-38(6)32-46(71-56)50-52-54(64-75-62-52)51(55-53(50)63-76-65-55)47-37-45(68-31-26-21-16-11-5)61(72-47)49-36-44-60(74-49)58-42(67(44)30-25-20-15-10-4)34-40(70-58)28-23-18-13-8-2/h32-37H,7-31H2,1-6H3. The fourth-order valence-corrected chi connectivity index (χ4v) is 21.2. The summed E-state index contributed by atoms with van der Waals surface area (Å²) in [7, 11) is 0. The van der Waals surface area contributed by atoms with Crippen LogP contribution >= 0.6 is 68.0 Å². The first-order valence-corrected chi connectivity index (χ1v) is 36.8. The van der Waals surface area contributed by atoms with E-state index in [2.05, 4.69) is 98.4 Å². The van der Waals surface area contributed by atoms with Crippen molar-refractivity contribution in [2.24, 2.45) is 7.92 Å². The van der Waals surface area contributed by atoms with Gasteiger partial charge in [-0.05, 0) is 25.7 Å². The first kappa shape index (κ1) is 55.0. The first-order chi connectivity index (χ1) is 37.4. The van der Waals surface area contributed by atoms with Gasteiger partial charge in [0.05, 0.1) is 0 Å². The third-order valence-corrected chi connectivity index (χ3v) is 25.2. The molecule has 0 unspecified atom stereocenters. The van der Waals surface area contributed by atoms with Gasteiger partial charge in [0.2, 0.25) is 0 Å². The van der Waals surface area contributed by atoms with Crippen molar-refractivity contribution >= 4 is 161 Å². The molecule has 0 radical (unpaired) electrons. The molecule has 0 bridgehead atoms. The van der Waals surface area contributed by atoms with E-state index >= 15 is 0 Å². The van der Waals surface area contributed by atoms with E-state index in [1.165, 1.54) is 211 Å². The molecule has 0 atom stereocenters. The van der Waals surface area contributed by atoms with Crippen LogP contribution in [0.3, 0.4) is 0 Å². The summed E-state index contributed by atoms with van der Waals surface area (Å²) in [5.74, 6) is 0.986. The number of ether oxygens (including phenoxy) is 1. The summed E-state index contributed by atoms with van der Waals surface area (Å²) in [6.07, 6.45) is 27.6. The zero-order chi connectivity index (χ0) is 52.1. The maximum atomic E-state index is 6.90. The van der Waals surface area contributed by atoms with E-state index in [-0.39, 0.29) is 29.5 Å². The van der Waals surface area contributed by atoms with Crippen molar-refractivity contribution in [3.8, 4) is 46.1 Å². The average molecular weight is 1260 g/mol. The molecule has 0 fully saturated rings. The molecule has 76 heavy (non-hydrogen) atoms.